The first-order valence-electron chi connectivity index (χ1n) is 7.04. The van der Waals surface area contributed by atoms with E-state index in [9.17, 15) is 10.1 Å². The van der Waals surface area contributed by atoms with E-state index in [2.05, 4.69) is 9.97 Å². The molecule has 0 spiro atoms. The lowest BCUT2D eigenvalue weighted by Gasteiger charge is -2.20. The molecule has 1 aliphatic heterocycles. The van der Waals surface area contributed by atoms with Gasteiger partial charge in [-0.05, 0) is 11.4 Å². The van der Waals surface area contributed by atoms with E-state index < -0.39 is 4.92 Å². The van der Waals surface area contributed by atoms with Gasteiger partial charge in [-0.2, -0.15) is 0 Å². The van der Waals surface area contributed by atoms with Gasteiger partial charge in [-0.15, -0.1) is 11.3 Å². The smallest absolute Gasteiger partial charge is 0.270 e. The summed E-state index contributed by atoms with van der Waals surface area (Å²) in [7, 11) is 0. The fourth-order valence-electron chi connectivity index (χ4n) is 2.51. The van der Waals surface area contributed by atoms with Crippen molar-refractivity contribution in [3.63, 3.8) is 0 Å². The Morgan fingerprint density at radius 2 is 2.29 bits per heavy atom. The third-order valence-corrected chi connectivity index (χ3v) is 5.64. The summed E-state index contributed by atoms with van der Waals surface area (Å²) in [5.74, 6) is 1.20. The lowest BCUT2D eigenvalue weighted by Crippen LogP contribution is -2.13. The van der Waals surface area contributed by atoms with Crippen molar-refractivity contribution in [3.05, 3.63) is 51.1 Å². The van der Waals surface area contributed by atoms with Crippen molar-refractivity contribution in [2.45, 2.75) is 17.4 Å². The topological polar surface area (TPSA) is 87.4 Å². The number of fused-ring (bicyclic) bond motifs is 2. The zero-order valence-corrected chi connectivity index (χ0v) is 13.9. The number of aromatic nitrogens is 2. The minimum absolute atomic E-state index is 0.0439. The molecule has 0 unspecified atom stereocenters. The van der Waals surface area contributed by atoms with Crippen LogP contribution >= 0.6 is 23.1 Å². The van der Waals surface area contributed by atoms with Crippen molar-refractivity contribution in [2.24, 2.45) is 0 Å². The highest BCUT2D eigenvalue weighted by atomic mass is 32.2. The minimum atomic E-state index is -0.398. The average Bonchev–Trinajstić information content (AvgIpc) is 3.08. The van der Waals surface area contributed by atoms with Gasteiger partial charge in [0.25, 0.3) is 5.69 Å². The molecule has 9 heteroatoms. The fourth-order valence-corrected chi connectivity index (χ4v) is 4.42. The molecule has 0 saturated carbocycles. The zero-order chi connectivity index (χ0) is 16.5. The molecule has 24 heavy (non-hydrogen) atoms. The highest BCUT2D eigenvalue weighted by Gasteiger charge is 2.21. The molecule has 122 valence electrons. The first-order chi connectivity index (χ1) is 11.7. The summed E-state index contributed by atoms with van der Waals surface area (Å²) in [5, 5.41) is 14.0. The van der Waals surface area contributed by atoms with Crippen molar-refractivity contribution in [3.8, 4) is 5.75 Å². The first-order valence-corrected chi connectivity index (χ1v) is 8.90. The molecule has 3 heterocycles. The molecule has 1 aromatic carbocycles. The number of nitro benzene ring substituents is 1. The summed E-state index contributed by atoms with van der Waals surface area (Å²) in [6.07, 6.45) is 1.53. The van der Waals surface area contributed by atoms with Gasteiger partial charge in [0, 0.05) is 29.0 Å². The number of thiophene rings is 1. The van der Waals surface area contributed by atoms with Gasteiger partial charge in [-0.1, -0.05) is 11.8 Å². The Kier molecular flexibility index (Phi) is 4.05. The molecule has 0 saturated heterocycles. The van der Waals surface area contributed by atoms with Gasteiger partial charge < -0.3 is 9.47 Å². The number of non-ortho nitro benzene ring substituents is 1. The van der Waals surface area contributed by atoms with Crippen molar-refractivity contribution < 1.29 is 14.4 Å². The summed E-state index contributed by atoms with van der Waals surface area (Å²) in [6, 6.07) is 5.01. The van der Waals surface area contributed by atoms with Crippen molar-refractivity contribution in [2.75, 3.05) is 6.79 Å². The Labute approximate surface area is 144 Å². The zero-order valence-electron chi connectivity index (χ0n) is 12.3. The standard InChI is InChI=1S/C15H11N3O4S2/c19-18(20)11-3-9-5-21-8-22-13(9)10(4-11)6-24-15-14-12(1-2-23-14)16-7-17-15/h1-4,7H,5-6,8H2. The summed E-state index contributed by atoms with van der Waals surface area (Å²) in [5.41, 5.74) is 2.43. The highest BCUT2D eigenvalue weighted by molar-refractivity contribution is 7.98. The second kappa shape index (κ2) is 6.34. The number of benzene rings is 1. The Hall–Kier alpha value is -2.23. The van der Waals surface area contributed by atoms with Crippen LogP contribution in [0.15, 0.2) is 34.9 Å². The molecular formula is C15H11N3O4S2. The average molecular weight is 361 g/mol. The number of hydrogen-bond donors (Lipinski definition) is 0. The summed E-state index contributed by atoms with van der Waals surface area (Å²) >= 11 is 3.10. The third kappa shape index (κ3) is 2.81. The van der Waals surface area contributed by atoms with Gasteiger partial charge in [0.2, 0.25) is 0 Å². The molecule has 4 rings (SSSR count). The van der Waals surface area contributed by atoms with Crippen LogP contribution in [0.25, 0.3) is 10.2 Å². The molecule has 0 fully saturated rings. The van der Waals surface area contributed by atoms with Gasteiger partial charge >= 0.3 is 0 Å². The number of hydrogen-bond acceptors (Lipinski definition) is 8. The first kappa shape index (κ1) is 15.3. The van der Waals surface area contributed by atoms with Crippen molar-refractivity contribution in [1.29, 1.82) is 0 Å². The van der Waals surface area contributed by atoms with Crippen molar-refractivity contribution >= 4 is 39.0 Å². The van der Waals surface area contributed by atoms with E-state index in [1.807, 2.05) is 11.4 Å². The predicted octanol–water partition coefficient (Wildman–Crippen LogP) is 3.76. The van der Waals surface area contributed by atoms with Crippen LogP contribution in [-0.4, -0.2) is 21.7 Å². The molecule has 7 nitrogen and oxygen atoms in total. The van der Waals surface area contributed by atoms with Gasteiger partial charge in [0.05, 0.1) is 21.7 Å². The Balaban J connectivity index is 1.67. The molecule has 0 N–H and O–H groups in total. The second-order valence-electron chi connectivity index (χ2n) is 5.06. The monoisotopic (exact) mass is 361 g/mol. The maximum atomic E-state index is 11.2. The summed E-state index contributed by atoms with van der Waals surface area (Å²) < 4.78 is 11.8. The molecule has 0 aliphatic carbocycles. The Morgan fingerprint density at radius 3 is 3.17 bits per heavy atom. The van der Waals surface area contributed by atoms with Gasteiger partial charge in [0.15, 0.2) is 6.79 Å². The van der Waals surface area contributed by atoms with Crippen LogP contribution in [-0.2, 0) is 17.1 Å². The quantitative estimate of drug-likeness (QED) is 0.302. The van der Waals surface area contributed by atoms with E-state index in [4.69, 9.17) is 9.47 Å². The van der Waals surface area contributed by atoms with Crippen molar-refractivity contribution in [1.82, 2.24) is 9.97 Å². The molecule has 2 aromatic heterocycles. The minimum Gasteiger partial charge on any atom is -0.467 e. The van der Waals surface area contributed by atoms with E-state index in [1.54, 1.807) is 17.4 Å². The summed E-state index contributed by atoms with van der Waals surface area (Å²) in [4.78, 5) is 19.3. The molecule has 3 aromatic rings. The lowest BCUT2D eigenvalue weighted by atomic mass is 10.1. The molecule has 0 radical (unpaired) electrons. The maximum Gasteiger partial charge on any atom is 0.270 e. The van der Waals surface area contributed by atoms with E-state index in [0.29, 0.717) is 23.7 Å². The van der Waals surface area contributed by atoms with Gasteiger partial charge in [0.1, 0.15) is 17.1 Å². The highest BCUT2D eigenvalue weighted by Crippen LogP contribution is 2.37. The van der Waals surface area contributed by atoms with E-state index in [1.165, 1.54) is 24.2 Å². The SMILES string of the molecule is O=[N+]([O-])c1cc2c(c(CSc3ncnc4ccsc34)c1)OCOC2. The van der Waals surface area contributed by atoms with E-state index in [-0.39, 0.29) is 12.5 Å². The van der Waals surface area contributed by atoms with Crippen LogP contribution < -0.4 is 4.74 Å². The van der Waals surface area contributed by atoms with Gasteiger partial charge in [-0.25, -0.2) is 9.97 Å². The van der Waals surface area contributed by atoms with Crippen LogP contribution in [0.1, 0.15) is 11.1 Å². The Morgan fingerprint density at radius 1 is 1.38 bits per heavy atom. The number of nitrogens with zero attached hydrogens (tertiary/aromatic N) is 3. The van der Waals surface area contributed by atoms with E-state index >= 15 is 0 Å². The number of rotatable bonds is 4. The predicted molar refractivity (Wildman–Crippen MR) is 90.4 cm³/mol. The molecular weight excluding hydrogens is 350 g/mol. The van der Waals surface area contributed by atoms with Gasteiger partial charge in [-0.3, -0.25) is 10.1 Å². The second-order valence-corrected chi connectivity index (χ2v) is 6.94. The normalized spacial score (nSPS) is 13.5. The Bertz CT molecular complexity index is 928. The van der Waals surface area contributed by atoms with Crippen LogP contribution in [0.5, 0.6) is 5.75 Å². The third-order valence-electron chi connectivity index (χ3n) is 3.56. The number of ether oxygens (including phenoxy) is 2. The van der Waals surface area contributed by atoms with Crippen LogP contribution in [0, 0.1) is 10.1 Å². The fraction of sp³-hybridized carbons (Fsp3) is 0.200. The van der Waals surface area contributed by atoms with E-state index in [0.717, 1.165) is 20.8 Å². The molecule has 0 atom stereocenters. The largest absolute Gasteiger partial charge is 0.467 e. The summed E-state index contributed by atoms with van der Waals surface area (Å²) in [6.45, 7) is 0.475. The molecule has 0 amide bonds. The lowest BCUT2D eigenvalue weighted by molar-refractivity contribution is -0.385. The number of nitro groups is 1. The number of thioether (sulfide) groups is 1. The van der Waals surface area contributed by atoms with Crippen LogP contribution in [0.2, 0.25) is 0 Å². The van der Waals surface area contributed by atoms with Crippen LogP contribution in [0.3, 0.4) is 0 Å². The molecule has 1 aliphatic rings. The maximum absolute atomic E-state index is 11.2. The molecule has 0 bridgehead atoms. The van der Waals surface area contributed by atoms with Crippen LogP contribution in [0.4, 0.5) is 5.69 Å².